The summed E-state index contributed by atoms with van der Waals surface area (Å²) in [6.45, 7) is 0.883. The summed E-state index contributed by atoms with van der Waals surface area (Å²) in [6.07, 6.45) is 2.01. The molecule has 1 aliphatic rings. The van der Waals surface area contributed by atoms with Gasteiger partial charge in [-0.3, -0.25) is 4.98 Å². The van der Waals surface area contributed by atoms with Gasteiger partial charge in [0.15, 0.2) is 0 Å². The largest absolute Gasteiger partial charge is 0.416 e. The number of rotatable bonds is 2. The highest BCUT2D eigenvalue weighted by atomic mass is 16.4. The summed E-state index contributed by atoms with van der Waals surface area (Å²) in [5, 5.41) is 3.08. The average molecular weight is 168 g/mol. The second kappa shape index (κ2) is 2.79. The number of hydrogen-bond acceptors (Lipinski definition) is 3. The Labute approximate surface area is 70.0 Å². The van der Waals surface area contributed by atoms with Crippen molar-refractivity contribution in [3.8, 4) is 0 Å². The molecule has 1 aliphatic carbocycles. The van der Waals surface area contributed by atoms with Crippen LogP contribution in [0.4, 0.5) is 0 Å². The first kappa shape index (κ1) is 7.61. The minimum atomic E-state index is -0.319. The number of aromatic amines is 1. The van der Waals surface area contributed by atoms with Gasteiger partial charge in [-0.1, -0.05) is 0 Å². The van der Waals surface area contributed by atoms with E-state index in [2.05, 4.69) is 10.3 Å². The van der Waals surface area contributed by atoms with Crippen molar-refractivity contribution in [1.29, 1.82) is 0 Å². The summed E-state index contributed by atoms with van der Waals surface area (Å²) in [6, 6.07) is 0. The number of hydrogen-bond donors (Lipinski definition) is 2. The molecule has 2 rings (SSSR count). The first-order chi connectivity index (χ1) is 5.81. The van der Waals surface area contributed by atoms with Gasteiger partial charge in [0, 0.05) is 12.5 Å². The Bertz CT molecular complexity index is 326. The van der Waals surface area contributed by atoms with E-state index in [1.165, 1.54) is 0 Å². The van der Waals surface area contributed by atoms with Crippen LogP contribution in [-0.2, 0) is 6.42 Å². The fourth-order valence-electron chi connectivity index (χ4n) is 1.78. The minimum Gasteiger partial charge on any atom is -0.412 e. The van der Waals surface area contributed by atoms with E-state index in [1.54, 1.807) is 0 Å². The zero-order chi connectivity index (χ0) is 8.55. The molecule has 0 amide bonds. The predicted molar refractivity (Wildman–Crippen MR) is 44.3 cm³/mol. The SMILES string of the molecule is CNCC1CCc2[nH]c(=O)oc21. The van der Waals surface area contributed by atoms with Crippen LogP contribution in [0.5, 0.6) is 0 Å². The molecule has 0 saturated carbocycles. The number of oxazole rings is 1. The topological polar surface area (TPSA) is 58.0 Å². The summed E-state index contributed by atoms with van der Waals surface area (Å²) < 4.78 is 5.04. The maximum absolute atomic E-state index is 10.8. The van der Waals surface area contributed by atoms with Gasteiger partial charge in [-0.2, -0.15) is 0 Å². The van der Waals surface area contributed by atoms with E-state index < -0.39 is 0 Å². The lowest BCUT2D eigenvalue weighted by atomic mass is 10.1. The molecule has 0 aliphatic heterocycles. The molecule has 4 nitrogen and oxygen atoms in total. The number of aryl methyl sites for hydroxylation is 1. The Balaban J connectivity index is 2.28. The van der Waals surface area contributed by atoms with Gasteiger partial charge in [-0.05, 0) is 19.9 Å². The van der Waals surface area contributed by atoms with Gasteiger partial charge in [-0.15, -0.1) is 0 Å². The van der Waals surface area contributed by atoms with Crippen LogP contribution in [-0.4, -0.2) is 18.6 Å². The molecule has 1 atom stereocenters. The van der Waals surface area contributed by atoms with E-state index in [0.717, 1.165) is 30.8 Å². The molecule has 0 aromatic carbocycles. The van der Waals surface area contributed by atoms with Gasteiger partial charge >= 0.3 is 5.76 Å². The zero-order valence-corrected chi connectivity index (χ0v) is 7.02. The maximum atomic E-state index is 10.8. The van der Waals surface area contributed by atoms with Crippen molar-refractivity contribution in [2.24, 2.45) is 0 Å². The molecule has 12 heavy (non-hydrogen) atoms. The fraction of sp³-hybridized carbons (Fsp3) is 0.625. The highest BCUT2D eigenvalue weighted by molar-refractivity contribution is 5.19. The van der Waals surface area contributed by atoms with Crippen LogP contribution in [0.1, 0.15) is 23.8 Å². The van der Waals surface area contributed by atoms with Gasteiger partial charge in [0.2, 0.25) is 0 Å². The Hall–Kier alpha value is -1.03. The van der Waals surface area contributed by atoms with E-state index in [1.807, 2.05) is 7.05 Å². The Morgan fingerprint density at radius 2 is 2.58 bits per heavy atom. The molecule has 4 heteroatoms. The van der Waals surface area contributed by atoms with E-state index in [9.17, 15) is 4.79 Å². The highest BCUT2D eigenvalue weighted by Crippen LogP contribution is 2.29. The molecule has 1 aromatic heterocycles. The smallest absolute Gasteiger partial charge is 0.412 e. The minimum absolute atomic E-state index is 0.319. The van der Waals surface area contributed by atoms with Crippen LogP contribution in [0.3, 0.4) is 0 Å². The molecular formula is C8H12N2O2. The fourth-order valence-corrected chi connectivity index (χ4v) is 1.78. The molecule has 1 aromatic rings. The van der Waals surface area contributed by atoms with Gasteiger partial charge < -0.3 is 9.73 Å². The molecule has 0 saturated heterocycles. The molecule has 0 spiro atoms. The van der Waals surface area contributed by atoms with Crippen molar-refractivity contribution in [2.45, 2.75) is 18.8 Å². The Morgan fingerprint density at radius 1 is 1.75 bits per heavy atom. The van der Waals surface area contributed by atoms with Crippen molar-refractivity contribution in [3.63, 3.8) is 0 Å². The van der Waals surface area contributed by atoms with Crippen molar-refractivity contribution >= 4 is 0 Å². The highest BCUT2D eigenvalue weighted by Gasteiger charge is 2.26. The average Bonchev–Trinajstić information content (AvgIpc) is 2.52. The van der Waals surface area contributed by atoms with Crippen LogP contribution < -0.4 is 11.1 Å². The van der Waals surface area contributed by atoms with Crippen molar-refractivity contribution < 1.29 is 4.42 Å². The quantitative estimate of drug-likeness (QED) is 0.664. The third-order valence-electron chi connectivity index (χ3n) is 2.32. The summed E-state index contributed by atoms with van der Waals surface area (Å²) in [7, 11) is 1.91. The first-order valence-electron chi connectivity index (χ1n) is 4.17. The molecule has 0 bridgehead atoms. The number of nitrogens with one attached hydrogen (secondary N) is 2. The normalized spacial score (nSPS) is 21.2. The molecular weight excluding hydrogens is 156 g/mol. The lowest BCUT2D eigenvalue weighted by Gasteiger charge is -2.05. The van der Waals surface area contributed by atoms with Gasteiger partial charge in [0.1, 0.15) is 5.76 Å². The number of likely N-dealkylation sites (N-methyl/N-ethyl adjacent to an activating group) is 1. The number of H-pyrrole nitrogens is 1. The van der Waals surface area contributed by atoms with Gasteiger partial charge in [0.25, 0.3) is 0 Å². The summed E-state index contributed by atoms with van der Waals surface area (Å²) in [4.78, 5) is 13.5. The molecule has 66 valence electrons. The lowest BCUT2D eigenvalue weighted by Crippen LogP contribution is -2.15. The second-order valence-electron chi connectivity index (χ2n) is 3.15. The van der Waals surface area contributed by atoms with Crippen molar-refractivity contribution in [3.05, 3.63) is 22.0 Å². The van der Waals surface area contributed by atoms with E-state index in [-0.39, 0.29) is 5.76 Å². The first-order valence-corrected chi connectivity index (χ1v) is 4.17. The van der Waals surface area contributed by atoms with Crippen LogP contribution in [0.25, 0.3) is 0 Å². The second-order valence-corrected chi connectivity index (χ2v) is 3.15. The Morgan fingerprint density at radius 3 is 3.33 bits per heavy atom. The van der Waals surface area contributed by atoms with Crippen molar-refractivity contribution in [2.75, 3.05) is 13.6 Å². The number of fused-ring (bicyclic) bond motifs is 1. The van der Waals surface area contributed by atoms with Crippen LogP contribution >= 0.6 is 0 Å². The van der Waals surface area contributed by atoms with Crippen LogP contribution in [0.15, 0.2) is 9.21 Å². The molecule has 1 unspecified atom stereocenters. The lowest BCUT2D eigenvalue weighted by molar-refractivity contribution is 0.428. The summed E-state index contributed by atoms with van der Waals surface area (Å²) in [5.41, 5.74) is 0.986. The monoisotopic (exact) mass is 168 g/mol. The predicted octanol–water partition coefficient (Wildman–Crippen LogP) is 0.217. The Kier molecular flexibility index (Phi) is 1.77. The summed E-state index contributed by atoms with van der Waals surface area (Å²) >= 11 is 0. The van der Waals surface area contributed by atoms with Gasteiger partial charge in [0.05, 0.1) is 5.69 Å². The van der Waals surface area contributed by atoms with Crippen LogP contribution in [0, 0.1) is 0 Å². The standard InChI is InChI=1S/C8H12N2O2/c1-9-4-5-2-3-6-7(5)12-8(11)10-6/h5,9H,2-4H2,1H3,(H,10,11). The van der Waals surface area contributed by atoms with Crippen LogP contribution in [0.2, 0.25) is 0 Å². The molecule has 0 radical (unpaired) electrons. The molecule has 1 heterocycles. The summed E-state index contributed by atoms with van der Waals surface area (Å²) in [5.74, 6) is 0.916. The van der Waals surface area contributed by atoms with E-state index in [0.29, 0.717) is 5.92 Å². The third kappa shape index (κ3) is 1.08. The molecule has 2 N–H and O–H groups in total. The molecule has 0 fully saturated rings. The van der Waals surface area contributed by atoms with Gasteiger partial charge in [-0.25, -0.2) is 4.79 Å². The third-order valence-corrected chi connectivity index (χ3v) is 2.32. The zero-order valence-electron chi connectivity index (χ0n) is 7.02. The number of aromatic nitrogens is 1. The van der Waals surface area contributed by atoms with E-state index >= 15 is 0 Å². The maximum Gasteiger partial charge on any atom is 0.416 e. The van der Waals surface area contributed by atoms with Crippen molar-refractivity contribution in [1.82, 2.24) is 10.3 Å². The van der Waals surface area contributed by atoms with E-state index in [4.69, 9.17) is 4.42 Å².